The smallest absolute Gasteiger partial charge is 0.0972 e. The molecular formula is C30H48O3. The zero-order chi connectivity index (χ0) is 24.1. The topological polar surface area (TPSA) is 49.7 Å². The lowest BCUT2D eigenvalue weighted by Gasteiger charge is -2.65. The Balaban J connectivity index is 1.47. The van der Waals surface area contributed by atoms with E-state index in [1.807, 2.05) is 19.9 Å². The van der Waals surface area contributed by atoms with Crippen LogP contribution in [0.15, 0.2) is 24.3 Å². The van der Waals surface area contributed by atoms with Gasteiger partial charge in [0.15, 0.2) is 0 Å². The van der Waals surface area contributed by atoms with Gasteiger partial charge in [-0.05, 0) is 87.4 Å². The lowest BCUT2D eigenvalue weighted by atomic mass is 9.38. The Labute approximate surface area is 202 Å². The first-order valence-electron chi connectivity index (χ1n) is 13.7. The summed E-state index contributed by atoms with van der Waals surface area (Å²) < 4.78 is 6.82. The molecule has 0 aromatic carbocycles. The summed E-state index contributed by atoms with van der Waals surface area (Å²) in [6.07, 6.45) is 17.1. The van der Waals surface area contributed by atoms with Crippen LogP contribution in [0.5, 0.6) is 0 Å². The lowest BCUT2D eigenvalue weighted by Crippen LogP contribution is -2.64. The molecule has 0 aromatic rings. The van der Waals surface area contributed by atoms with Crippen molar-refractivity contribution in [3.05, 3.63) is 24.3 Å². The molecule has 3 nitrogen and oxygen atoms in total. The zero-order valence-corrected chi connectivity index (χ0v) is 22.2. The fraction of sp³-hybridized carbons (Fsp3) is 0.867. The summed E-state index contributed by atoms with van der Waals surface area (Å²) in [5.41, 5.74) is -0.392. The van der Waals surface area contributed by atoms with Gasteiger partial charge in [0, 0.05) is 16.7 Å². The average molecular weight is 457 g/mol. The van der Waals surface area contributed by atoms with E-state index >= 15 is 0 Å². The van der Waals surface area contributed by atoms with Gasteiger partial charge in [-0.3, -0.25) is 0 Å². The van der Waals surface area contributed by atoms with Gasteiger partial charge in [0.05, 0.1) is 23.9 Å². The maximum Gasteiger partial charge on any atom is 0.0972 e. The molecule has 0 radical (unpaired) electrons. The van der Waals surface area contributed by atoms with Gasteiger partial charge in [0.2, 0.25) is 0 Å². The summed E-state index contributed by atoms with van der Waals surface area (Å²) in [7, 11) is 0. The minimum Gasteiger partial charge on any atom is -0.392 e. The highest BCUT2D eigenvalue weighted by molar-refractivity contribution is 5.33. The highest BCUT2D eigenvalue weighted by atomic mass is 16.5. The van der Waals surface area contributed by atoms with Gasteiger partial charge in [-0.1, -0.05) is 58.9 Å². The van der Waals surface area contributed by atoms with Crippen LogP contribution in [0.3, 0.4) is 0 Å². The van der Waals surface area contributed by atoms with Crippen molar-refractivity contribution >= 4 is 0 Å². The summed E-state index contributed by atoms with van der Waals surface area (Å²) in [5.74, 6) is 2.45. The van der Waals surface area contributed by atoms with Crippen LogP contribution in [0, 0.1) is 45.3 Å². The summed E-state index contributed by atoms with van der Waals surface area (Å²) in [6.45, 7) is 16.7. The number of aliphatic hydroxyl groups excluding tert-OH is 1. The van der Waals surface area contributed by atoms with E-state index in [2.05, 4.69) is 52.8 Å². The fourth-order valence-electron chi connectivity index (χ4n) is 9.93. The molecule has 3 heteroatoms. The van der Waals surface area contributed by atoms with E-state index in [0.717, 1.165) is 31.8 Å². The Morgan fingerprint density at radius 2 is 1.79 bits per heavy atom. The van der Waals surface area contributed by atoms with Crippen molar-refractivity contribution in [2.45, 2.75) is 111 Å². The van der Waals surface area contributed by atoms with Gasteiger partial charge in [-0.2, -0.15) is 0 Å². The Kier molecular flexibility index (Phi) is 5.25. The van der Waals surface area contributed by atoms with Crippen molar-refractivity contribution in [3.8, 4) is 0 Å². The van der Waals surface area contributed by atoms with Crippen LogP contribution in [0.4, 0.5) is 0 Å². The van der Waals surface area contributed by atoms with Crippen LogP contribution in [0.1, 0.15) is 93.4 Å². The molecule has 0 aromatic heterocycles. The maximum atomic E-state index is 10.9. The van der Waals surface area contributed by atoms with E-state index in [1.54, 1.807) is 0 Å². The van der Waals surface area contributed by atoms with Crippen molar-refractivity contribution in [3.63, 3.8) is 0 Å². The van der Waals surface area contributed by atoms with Crippen LogP contribution in [-0.4, -0.2) is 34.1 Å². The highest BCUT2D eigenvalue weighted by Gasteiger charge is 2.75. The molecule has 186 valence electrons. The van der Waals surface area contributed by atoms with E-state index in [9.17, 15) is 10.2 Å². The van der Waals surface area contributed by atoms with Crippen molar-refractivity contribution in [2.24, 2.45) is 45.3 Å². The monoisotopic (exact) mass is 456 g/mol. The third-order valence-corrected chi connectivity index (χ3v) is 12.1. The summed E-state index contributed by atoms with van der Waals surface area (Å²) >= 11 is 0. The van der Waals surface area contributed by atoms with E-state index < -0.39 is 5.60 Å². The molecule has 9 atom stereocenters. The zero-order valence-electron chi connectivity index (χ0n) is 22.2. The summed E-state index contributed by atoms with van der Waals surface area (Å²) in [6, 6.07) is 0. The molecule has 0 amide bonds. The molecule has 33 heavy (non-hydrogen) atoms. The first-order chi connectivity index (χ1) is 15.2. The average Bonchev–Trinajstić information content (AvgIpc) is 3.11. The second-order valence-electron chi connectivity index (χ2n) is 14.3. The summed E-state index contributed by atoms with van der Waals surface area (Å²) in [5, 5.41) is 21.0. The number of hydrogen-bond acceptors (Lipinski definition) is 3. The molecule has 1 spiro atoms. The number of rotatable bonds is 4. The van der Waals surface area contributed by atoms with Gasteiger partial charge < -0.3 is 14.9 Å². The van der Waals surface area contributed by atoms with Gasteiger partial charge in [0.25, 0.3) is 0 Å². The third kappa shape index (κ3) is 2.97. The predicted octanol–water partition coefficient (Wildman–Crippen LogP) is 6.29. The quantitative estimate of drug-likeness (QED) is 0.488. The molecule has 5 aliphatic rings. The van der Waals surface area contributed by atoms with Crippen molar-refractivity contribution in [2.75, 3.05) is 6.61 Å². The minimum absolute atomic E-state index is 0.234. The van der Waals surface area contributed by atoms with Gasteiger partial charge in [-0.25, -0.2) is 0 Å². The first-order valence-corrected chi connectivity index (χ1v) is 13.7. The van der Waals surface area contributed by atoms with E-state index in [4.69, 9.17) is 4.74 Å². The second-order valence-corrected chi connectivity index (χ2v) is 14.3. The normalized spacial score (nSPS) is 51.3. The Hall–Kier alpha value is -0.640. The SMILES string of the molecule is C[C@H](C/C=C/C(C)(C)O)[C@H]1CC[C@@]2(C)[C@@H]3C=C[C@]45OCC3(CC[C@]12C)[C@@H]4CC[C@@H](O)C5(C)C. The van der Waals surface area contributed by atoms with E-state index in [-0.39, 0.29) is 22.5 Å². The molecule has 2 bridgehead atoms. The van der Waals surface area contributed by atoms with Crippen LogP contribution in [0.2, 0.25) is 0 Å². The van der Waals surface area contributed by atoms with Crippen LogP contribution < -0.4 is 0 Å². The van der Waals surface area contributed by atoms with Gasteiger partial charge in [0.1, 0.15) is 0 Å². The molecule has 1 aliphatic heterocycles. The first kappa shape index (κ1) is 24.1. The standard InChI is InChI=1S/C30H48O3/c1-20(9-8-14-25(2,3)32)21-12-15-28(7)22-13-16-30-23(10-11-24(31)26(30,4)5)29(22,19-33-30)18-17-27(21,28)6/h8,13-14,16,20-24,31-32H,9-12,15,17-19H2,1-7H3/b14-8+/t20-,21-,22+,23+,24-,27-,28+,29?,30+/m1/s1. The molecule has 3 saturated carbocycles. The highest BCUT2D eigenvalue weighted by Crippen LogP contribution is 2.77. The predicted molar refractivity (Wildman–Crippen MR) is 134 cm³/mol. The van der Waals surface area contributed by atoms with Crippen LogP contribution in [0.25, 0.3) is 0 Å². The Morgan fingerprint density at radius 1 is 1.06 bits per heavy atom. The fourth-order valence-corrected chi connectivity index (χ4v) is 9.93. The van der Waals surface area contributed by atoms with E-state index in [0.29, 0.717) is 28.6 Å². The second kappa shape index (κ2) is 7.20. The van der Waals surface area contributed by atoms with Gasteiger partial charge >= 0.3 is 0 Å². The number of fused-ring (bicyclic) bond motifs is 2. The molecule has 1 heterocycles. The molecule has 2 N–H and O–H groups in total. The molecule has 5 rings (SSSR count). The maximum absolute atomic E-state index is 10.9. The molecule has 4 fully saturated rings. The van der Waals surface area contributed by atoms with Crippen LogP contribution >= 0.6 is 0 Å². The molecular weight excluding hydrogens is 408 g/mol. The molecule has 1 unspecified atom stereocenters. The minimum atomic E-state index is -0.728. The number of ether oxygens (including phenoxy) is 1. The summed E-state index contributed by atoms with van der Waals surface area (Å²) in [4.78, 5) is 0. The van der Waals surface area contributed by atoms with E-state index in [1.165, 1.54) is 25.7 Å². The number of hydrogen-bond donors (Lipinski definition) is 2. The Morgan fingerprint density at radius 3 is 2.48 bits per heavy atom. The van der Waals surface area contributed by atoms with Crippen molar-refractivity contribution in [1.82, 2.24) is 0 Å². The number of aliphatic hydroxyl groups is 2. The van der Waals surface area contributed by atoms with Crippen LogP contribution in [-0.2, 0) is 4.74 Å². The molecule has 4 aliphatic carbocycles. The lowest BCUT2D eigenvalue weighted by molar-refractivity contribution is -0.168. The van der Waals surface area contributed by atoms with Crippen molar-refractivity contribution < 1.29 is 14.9 Å². The third-order valence-electron chi connectivity index (χ3n) is 12.1. The number of allylic oxidation sites excluding steroid dienone is 2. The van der Waals surface area contributed by atoms with Crippen molar-refractivity contribution in [1.29, 1.82) is 0 Å². The Bertz CT molecular complexity index is 851. The van der Waals surface area contributed by atoms with Gasteiger partial charge in [-0.15, -0.1) is 0 Å². The molecule has 1 saturated heterocycles. The largest absolute Gasteiger partial charge is 0.392 e.